The summed E-state index contributed by atoms with van der Waals surface area (Å²) in [5.41, 5.74) is 1.04. The maximum Gasteiger partial charge on any atom is 0.294 e. The molecule has 160 valence electrons. The van der Waals surface area contributed by atoms with E-state index in [2.05, 4.69) is 5.32 Å². The van der Waals surface area contributed by atoms with Gasteiger partial charge in [0.15, 0.2) is 23.0 Å². The minimum atomic E-state index is -0.571. The van der Waals surface area contributed by atoms with Crippen LogP contribution in [0, 0.1) is 3.57 Å². The van der Waals surface area contributed by atoms with Crippen LogP contribution in [0.5, 0.6) is 23.0 Å². The fraction of sp³-hybridized carbons (Fsp3) is 0.150. The first-order chi connectivity index (χ1) is 14.9. The monoisotopic (exact) mass is 554 g/mol. The van der Waals surface area contributed by atoms with Gasteiger partial charge < -0.3 is 24.6 Å². The molecule has 2 aliphatic rings. The number of thioether (sulfide) groups is 1. The summed E-state index contributed by atoms with van der Waals surface area (Å²) in [6.45, 7) is -0.311. The first kappa shape index (κ1) is 21.3. The highest BCUT2D eigenvalue weighted by Crippen LogP contribution is 2.37. The number of phenols is 1. The molecule has 2 aromatic carbocycles. The molecule has 1 saturated heterocycles. The molecule has 4 rings (SSSR count). The van der Waals surface area contributed by atoms with Crippen LogP contribution in [-0.4, -0.2) is 47.5 Å². The summed E-state index contributed by atoms with van der Waals surface area (Å²) in [6, 6.07) is 8.11. The molecule has 2 aromatic rings. The number of imide groups is 1. The van der Waals surface area contributed by atoms with E-state index in [9.17, 15) is 19.5 Å². The van der Waals surface area contributed by atoms with E-state index in [0.717, 1.165) is 16.7 Å². The van der Waals surface area contributed by atoms with E-state index in [1.807, 2.05) is 22.6 Å². The van der Waals surface area contributed by atoms with E-state index < -0.39 is 23.6 Å². The molecule has 11 heteroatoms. The van der Waals surface area contributed by atoms with Crippen LogP contribution in [-0.2, 0) is 9.59 Å². The molecule has 2 N–H and O–H groups in total. The molecule has 31 heavy (non-hydrogen) atoms. The Labute approximate surface area is 194 Å². The number of carbonyl (C=O) groups excluding carboxylic acids is 3. The molecular formula is C20H15IN2O7S. The Balaban J connectivity index is 1.46. The molecule has 0 saturated carbocycles. The van der Waals surface area contributed by atoms with Gasteiger partial charge in [-0.05, 0) is 70.3 Å². The van der Waals surface area contributed by atoms with E-state index in [1.54, 1.807) is 30.3 Å². The third-order valence-corrected chi connectivity index (χ3v) is 6.13. The molecule has 0 radical (unpaired) electrons. The van der Waals surface area contributed by atoms with Crippen molar-refractivity contribution in [3.05, 3.63) is 44.4 Å². The van der Waals surface area contributed by atoms with Crippen LogP contribution >= 0.6 is 34.4 Å². The van der Waals surface area contributed by atoms with Crippen LogP contribution in [0.25, 0.3) is 6.08 Å². The average Bonchev–Trinajstić information content (AvgIpc) is 3.30. The zero-order valence-corrected chi connectivity index (χ0v) is 19.0. The zero-order valence-electron chi connectivity index (χ0n) is 16.0. The highest BCUT2D eigenvalue weighted by Gasteiger charge is 2.36. The van der Waals surface area contributed by atoms with Gasteiger partial charge in [-0.3, -0.25) is 19.3 Å². The molecular weight excluding hydrogens is 539 g/mol. The number of halogens is 1. The number of hydrogen-bond acceptors (Lipinski definition) is 8. The summed E-state index contributed by atoms with van der Waals surface area (Å²) in [5.74, 6) is 0.232. The number of rotatable bonds is 5. The number of ether oxygens (including phenoxy) is 3. The molecule has 0 spiro atoms. The lowest BCUT2D eigenvalue weighted by Crippen LogP contribution is -2.36. The summed E-state index contributed by atoms with van der Waals surface area (Å²) in [6.07, 6.45) is 1.52. The highest BCUT2D eigenvalue weighted by atomic mass is 127. The van der Waals surface area contributed by atoms with Crippen molar-refractivity contribution in [1.82, 2.24) is 4.90 Å². The molecule has 9 nitrogen and oxygen atoms in total. The molecule has 0 unspecified atom stereocenters. The van der Waals surface area contributed by atoms with Crippen LogP contribution in [0.3, 0.4) is 0 Å². The second-order valence-electron chi connectivity index (χ2n) is 6.44. The fourth-order valence-corrected chi connectivity index (χ4v) is 4.40. The molecule has 0 aromatic heterocycles. The van der Waals surface area contributed by atoms with Crippen LogP contribution in [0.1, 0.15) is 5.56 Å². The Bertz CT molecular complexity index is 1130. The standard InChI is InChI=1S/C20H15IN2O7S/c1-28-15-5-10(4-12(21)18(15)25)6-16-19(26)23(20(27)31-16)8-17(24)22-11-2-3-13-14(7-11)30-9-29-13/h2-7,25H,8-9H2,1H3,(H,22,24)/b16-6+. The maximum atomic E-state index is 12.7. The van der Waals surface area contributed by atoms with Crippen molar-refractivity contribution in [2.24, 2.45) is 0 Å². The average molecular weight is 554 g/mol. The largest absolute Gasteiger partial charge is 0.504 e. The number of aromatic hydroxyl groups is 1. The summed E-state index contributed by atoms with van der Waals surface area (Å²) in [7, 11) is 1.42. The van der Waals surface area contributed by atoms with Crippen LogP contribution < -0.4 is 19.5 Å². The summed E-state index contributed by atoms with van der Waals surface area (Å²) >= 11 is 2.68. The maximum absolute atomic E-state index is 12.7. The van der Waals surface area contributed by atoms with Crippen molar-refractivity contribution < 1.29 is 33.7 Å². The number of fused-ring (bicyclic) bond motifs is 1. The predicted molar refractivity (Wildman–Crippen MR) is 121 cm³/mol. The third kappa shape index (κ3) is 4.42. The van der Waals surface area contributed by atoms with Gasteiger partial charge in [0.05, 0.1) is 15.6 Å². The van der Waals surface area contributed by atoms with Gasteiger partial charge in [-0.25, -0.2) is 0 Å². The van der Waals surface area contributed by atoms with Gasteiger partial charge in [-0.1, -0.05) is 0 Å². The van der Waals surface area contributed by atoms with Crippen molar-refractivity contribution >= 4 is 63.2 Å². The van der Waals surface area contributed by atoms with Crippen LogP contribution in [0.4, 0.5) is 10.5 Å². The quantitative estimate of drug-likeness (QED) is 0.427. The molecule has 2 aliphatic heterocycles. The molecule has 2 heterocycles. The van der Waals surface area contributed by atoms with E-state index >= 15 is 0 Å². The number of nitrogens with zero attached hydrogens (tertiary/aromatic N) is 1. The third-order valence-electron chi connectivity index (χ3n) is 4.40. The van der Waals surface area contributed by atoms with Crippen LogP contribution in [0.15, 0.2) is 35.2 Å². The number of phenolic OH excluding ortho intramolecular Hbond substituents is 1. The van der Waals surface area contributed by atoms with Gasteiger partial charge in [-0.15, -0.1) is 0 Å². The number of nitrogens with one attached hydrogen (secondary N) is 1. The zero-order chi connectivity index (χ0) is 22.1. The molecule has 3 amide bonds. The van der Waals surface area contributed by atoms with E-state index in [1.165, 1.54) is 13.2 Å². The first-order valence-corrected chi connectivity index (χ1v) is 10.8. The first-order valence-electron chi connectivity index (χ1n) is 8.87. The Morgan fingerprint density at radius 2 is 2.06 bits per heavy atom. The Morgan fingerprint density at radius 3 is 2.84 bits per heavy atom. The predicted octanol–water partition coefficient (Wildman–Crippen LogP) is 3.41. The second-order valence-corrected chi connectivity index (χ2v) is 8.59. The van der Waals surface area contributed by atoms with Crippen molar-refractivity contribution in [3.63, 3.8) is 0 Å². The highest BCUT2D eigenvalue weighted by molar-refractivity contribution is 14.1. The molecule has 1 fully saturated rings. The van der Waals surface area contributed by atoms with Crippen molar-refractivity contribution in [2.45, 2.75) is 0 Å². The van der Waals surface area contributed by atoms with Gasteiger partial charge in [0, 0.05) is 11.8 Å². The minimum absolute atomic E-state index is 0.00598. The molecule has 0 bridgehead atoms. The van der Waals surface area contributed by atoms with Crippen molar-refractivity contribution in [2.75, 3.05) is 25.8 Å². The lowest BCUT2D eigenvalue weighted by atomic mass is 10.2. The number of benzene rings is 2. The van der Waals surface area contributed by atoms with Gasteiger partial charge in [0.2, 0.25) is 12.7 Å². The molecule has 0 atom stereocenters. The Morgan fingerprint density at radius 1 is 1.29 bits per heavy atom. The van der Waals surface area contributed by atoms with Crippen LogP contribution in [0.2, 0.25) is 0 Å². The fourth-order valence-electron chi connectivity index (χ4n) is 2.94. The lowest BCUT2D eigenvalue weighted by molar-refractivity contribution is -0.127. The number of methoxy groups -OCH3 is 1. The number of hydrogen-bond donors (Lipinski definition) is 2. The minimum Gasteiger partial charge on any atom is -0.504 e. The van der Waals surface area contributed by atoms with Gasteiger partial charge in [0.1, 0.15) is 6.54 Å². The smallest absolute Gasteiger partial charge is 0.294 e. The number of amides is 3. The normalized spacial score (nSPS) is 16.2. The van der Waals surface area contributed by atoms with Gasteiger partial charge in [-0.2, -0.15) is 0 Å². The van der Waals surface area contributed by atoms with Crippen molar-refractivity contribution in [1.29, 1.82) is 0 Å². The number of anilines is 1. The van der Waals surface area contributed by atoms with Gasteiger partial charge >= 0.3 is 0 Å². The summed E-state index contributed by atoms with van der Waals surface area (Å²) in [5, 5.41) is 12.0. The van der Waals surface area contributed by atoms with E-state index in [4.69, 9.17) is 14.2 Å². The Hall–Kier alpha value is -2.93. The topological polar surface area (TPSA) is 114 Å². The molecule has 0 aliphatic carbocycles. The number of carbonyl (C=O) groups is 3. The SMILES string of the molecule is COc1cc(/C=C2/SC(=O)N(CC(=O)Nc3ccc4c(c3)OCO4)C2=O)cc(I)c1O. The summed E-state index contributed by atoms with van der Waals surface area (Å²) in [4.78, 5) is 38.4. The second kappa shape index (κ2) is 8.67. The lowest BCUT2D eigenvalue weighted by Gasteiger charge is -2.12. The Kier molecular flexibility index (Phi) is 5.96. The van der Waals surface area contributed by atoms with E-state index in [0.29, 0.717) is 26.3 Å². The van der Waals surface area contributed by atoms with E-state index in [-0.39, 0.29) is 23.2 Å². The van der Waals surface area contributed by atoms with Gasteiger partial charge in [0.25, 0.3) is 11.1 Å². The van der Waals surface area contributed by atoms with Crippen molar-refractivity contribution in [3.8, 4) is 23.0 Å². The summed E-state index contributed by atoms with van der Waals surface area (Å²) < 4.78 is 16.1.